The Balaban J connectivity index is 0.712. The van der Waals surface area contributed by atoms with E-state index in [1.54, 1.807) is 34.1 Å². The highest BCUT2D eigenvalue weighted by molar-refractivity contribution is 5.87. The first-order valence-corrected chi connectivity index (χ1v) is 30.9. The number of methoxy groups -OCH3 is 3. The van der Waals surface area contributed by atoms with E-state index in [9.17, 15) is 45.3 Å². The largest absolute Gasteiger partial charge is 0.458 e. The van der Waals surface area contributed by atoms with Crippen LogP contribution in [-0.4, -0.2) is 228 Å². The van der Waals surface area contributed by atoms with E-state index in [1.807, 2.05) is 51.1 Å². The van der Waals surface area contributed by atoms with E-state index in [2.05, 4.69) is 13.0 Å². The fraction of sp³-hybridized carbons (Fsp3) is 0.810. The Bertz CT molecular complexity index is 2510. The molecule has 3 saturated carbocycles. The molecule has 0 unspecified atom stereocenters. The first-order valence-electron chi connectivity index (χ1n) is 30.9. The van der Waals surface area contributed by atoms with Crippen molar-refractivity contribution in [2.75, 3.05) is 27.9 Å². The van der Waals surface area contributed by atoms with Crippen LogP contribution in [0, 0.1) is 22.7 Å². The van der Waals surface area contributed by atoms with E-state index in [0.29, 0.717) is 38.5 Å². The number of aliphatic hydroxyl groups is 7. The molecule has 1 aromatic rings. The number of rotatable bonds is 18. The van der Waals surface area contributed by atoms with E-state index in [0.717, 1.165) is 11.1 Å². The molecule has 5 aliphatic heterocycles. The van der Waals surface area contributed by atoms with Gasteiger partial charge >= 0.3 is 5.97 Å². The Morgan fingerprint density at radius 1 is 0.651 bits per heavy atom. The molecular formula is C63H94O23. The van der Waals surface area contributed by atoms with Crippen LogP contribution in [0.25, 0.3) is 6.08 Å². The van der Waals surface area contributed by atoms with Gasteiger partial charge in [-0.2, -0.15) is 0 Å². The maximum atomic E-state index is 13.6. The Morgan fingerprint density at radius 3 is 1.73 bits per heavy atom. The van der Waals surface area contributed by atoms with Gasteiger partial charge in [0.25, 0.3) is 0 Å². The second-order valence-electron chi connectivity index (χ2n) is 26.1. The lowest BCUT2D eigenvalue weighted by atomic mass is 9.43. The molecule has 0 radical (unpaired) electrons. The van der Waals surface area contributed by atoms with Crippen molar-refractivity contribution >= 4 is 17.8 Å². The summed E-state index contributed by atoms with van der Waals surface area (Å²) in [7, 11) is 4.71. The molecule has 86 heavy (non-hydrogen) atoms. The number of carbonyl (C=O) groups is 2. The number of esters is 1. The van der Waals surface area contributed by atoms with Crippen molar-refractivity contribution in [2.24, 2.45) is 22.7 Å². The average Bonchev–Trinajstić information content (AvgIpc) is 1.30. The zero-order chi connectivity index (χ0) is 61.8. The Morgan fingerprint density at radius 2 is 1.19 bits per heavy atom. The summed E-state index contributed by atoms with van der Waals surface area (Å²) in [6.45, 7) is 12.1. The van der Waals surface area contributed by atoms with E-state index in [4.69, 9.17) is 66.3 Å². The van der Waals surface area contributed by atoms with Gasteiger partial charge in [-0.1, -0.05) is 55.8 Å². The van der Waals surface area contributed by atoms with E-state index >= 15 is 0 Å². The second kappa shape index (κ2) is 26.7. The molecule has 23 heteroatoms. The molecule has 4 aliphatic carbocycles. The summed E-state index contributed by atoms with van der Waals surface area (Å²) in [4.78, 5) is 26.9. The lowest BCUT2D eigenvalue weighted by Gasteiger charge is -2.66. The van der Waals surface area contributed by atoms with Gasteiger partial charge in [-0.15, -0.1) is 0 Å². The summed E-state index contributed by atoms with van der Waals surface area (Å²) in [5.41, 5.74) is -3.13. The Hall–Kier alpha value is -2.96. The van der Waals surface area contributed by atoms with Crippen molar-refractivity contribution < 1.29 is 112 Å². The molecule has 5 heterocycles. The van der Waals surface area contributed by atoms with Gasteiger partial charge in [-0.05, 0) is 96.6 Å². The Kier molecular flexibility index (Phi) is 20.5. The molecule has 0 aromatic heterocycles. The zero-order valence-electron chi connectivity index (χ0n) is 51.2. The van der Waals surface area contributed by atoms with Crippen molar-refractivity contribution in [3.05, 3.63) is 53.6 Å². The third-order valence-corrected chi connectivity index (χ3v) is 21.2. The number of fused-ring (bicyclic) bond motifs is 5. The van der Waals surface area contributed by atoms with Crippen LogP contribution >= 0.6 is 0 Å². The highest BCUT2D eigenvalue weighted by Gasteiger charge is 2.77. The van der Waals surface area contributed by atoms with Crippen LogP contribution in [-0.2, 0) is 75.9 Å². The molecule has 10 rings (SSSR count). The first-order chi connectivity index (χ1) is 40.9. The number of Topliss-reactive ketones (excluding diaryl/α,β-unsaturated/α-hetero) is 1. The standard InChI is InChI=1S/C63H94O23/c1-31(65)39-20-23-63(72)61(39,7)46(82-47(67)17-16-36-14-12-11-13-15-36)29-45-60(6)21-19-38(24-37(60)18-22-62(45,63)71)80-49-26-41(73-8)57(33(3)77-49)85-51-27-42(74-9)56(34(4)78-51)84-48-25-40(66)55(32(2)76-48)83-50-28-43(75-10)58(35(5)79-50)86-59-54(70)53(69)52(68)44(30-64)81-59/h11-18,32-35,38-46,48-59,64,66,68-72H,19-30H2,1-10H3/b17-16+/t32-,33-,34-,35-,38+,39+,40+,41+,42-,43+,44-,45-,46-,48+,49+,50+,51+,52-,53+,54-,55-,56-,57-,58-,59+,60+,61+,62+,63-/m1/s1. The number of benzene rings is 1. The SMILES string of the molecule is CO[C@H]1C[C@H](O[C@H]2CC[C@@]3(C)C(=CC[C@]4(O)[C@@H]3C[C@@H](OC(=O)/C=C/c3ccccc3)[C@]3(C)[C@H](C(C)=O)CC[C@@]34O)C2)O[C@H](C)[C@H]1O[C@H]1C[C@@H](OC)[C@H](O[C@H]2C[C@H](O)[C@H](O[C@H]3C[C@H](OC)[C@H](O[C@@H]4O[C@H](CO)[C@@H](O)[C@H](O)[C@H]4O)[C@@H](C)O3)[C@@H](C)O2)[C@@H](C)O1. The molecule has 9 aliphatic rings. The van der Waals surface area contributed by atoms with E-state index in [1.165, 1.54) is 20.1 Å². The Labute approximate surface area is 503 Å². The number of hydrogen-bond donors (Lipinski definition) is 7. The van der Waals surface area contributed by atoms with E-state index in [-0.39, 0.29) is 44.0 Å². The average molecular weight is 1220 g/mol. The summed E-state index contributed by atoms with van der Waals surface area (Å²) in [5.74, 6) is -1.76. The summed E-state index contributed by atoms with van der Waals surface area (Å²) in [6.07, 6.45) is -10.2. The number of hydrogen-bond acceptors (Lipinski definition) is 23. The third-order valence-electron chi connectivity index (χ3n) is 21.2. The molecule has 0 amide bonds. The molecule has 5 saturated heterocycles. The highest BCUT2D eigenvalue weighted by Crippen LogP contribution is 2.70. The zero-order valence-corrected chi connectivity index (χ0v) is 51.2. The minimum Gasteiger partial charge on any atom is -0.458 e. The molecular weight excluding hydrogens is 1120 g/mol. The van der Waals surface area contributed by atoms with Crippen molar-refractivity contribution in [1.29, 1.82) is 0 Å². The minimum atomic E-state index is -1.71. The van der Waals surface area contributed by atoms with Crippen molar-refractivity contribution in [2.45, 2.75) is 272 Å². The van der Waals surface area contributed by atoms with Crippen LogP contribution in [0.5, 0.6) is 0 Å². The van der Waals surface area contributed by atoms with Gasteiger partial charge in [0.1, 0.15) is 71.9 Å². The van der Waals surface area contributed by atoms with Gasteiger partial charge in [-0.25, -0.2) is 4.79 Å². The van der Waals surface area contributed by atoms with Gasteiger partial charge in [0.05, 0.1) is 61.5 Å². The molecule has 1 aromatic carbocycles. The number of carbonyl (C=O) groups excluding carboxylic acids is 2. The topological polar surface area (TPSA) is 305 Å². The predicted octanol–water partition coefficient (Wildman–Crippen LogP) is 3.29. The van der Waals surface area contributed by atoms with Gasteiger partial charge in [0.15, 0.2) is 31.5 Å². The molecule has 484 valence electrons. The quantitative estimate of drug-likeness (QED) is 0.0630. The fourth-order valence-electron chi connectivity index (χ4n) is 16.4. The third kappa shape index (κ3) is 12.5. The predicted molar refractivity (Wildman–Crippen MR) is 302 cm³/mol. The molecule has 23 nitrogen and oxygen atoms in total. The lowest BCUT2D eigenvalue weighted by Crippen LogP contribution is -2.75. The van der Waals surface area contributed by atoms with Crippen LogP contribution < -0.4 is 0 Å². The van der Waals surface area contributed by atoms with Crippen molar-refractivity contribution in [3.63, 3.8) is 0 Å². The number of ketones is 1. The van der Waals surface area contributed by atoms with Crippen LogP contribution in [0.4, 0.5) is 0 Å². The van der Waals surface area contributed by atoms with Crippen molar-refractivity contribution in [3.8, 4) is 0 Å². The van der Waals surface area contributed by atoms with Gasteiger partial charge in [0, 0.05) is 70.3 Å². The number of aliphatic hydroxyl groups excluding tert-OH is 5. The molecule has 7 N–H and O–H groups in total. The maximum absolute atomic E-state index is 13.6. The maximum Gasteiger partial charge on any atom is 0.331 e. The summed E-state index contributed by atoms with van der Waals surface area (Å²) < 4.78 is 87.6. The first kappa shape index (κ1) is 66.0. The van der Waals surface area contributed by atoms with Gasteiger partial charge in [-0.3, -0.25) is 4.79 Å². The van der Waals surface area contributed by atoms with Crippen LogP contribution in [0.2, 0.25) is 0 Å². The lowest BCUT2D eigenvalue weighted by molar-refractivity contribution is -0.358. The van der Waals surface area contributed by atoms with Crippen LogP contribution in [0.1, 0.15) is 125 Å². The highest BCUT2D eigenvalue weighted by atomic mass is 16.8. The minimum absolute atomic E-state index is 0.0611. The van der Waals surface area contributed by atoms with E-state index < -0.39 is 182 Å². The fourth-order valence-corrected chi connectivity index (χ4v) is 16.4. The smallest absolute Gasteiger partial charge is 0.331 e. The number of ether oxygens (including phenoxy) is 14. The normalized spacial score (nSPS) is 48.8. The monoisotopic (exact) mass is 1220 g/mol. The van der Waals surface area contributed by atoms with Crippen LogP contribution in [0.3, 0.4) is 0 Å². The second-order valence-corrected chi connectivity index (χ2v) is 26.1. The van der Waals surface area contributed by atoms with Gasteiger partial charge < -0.3 is 102 Å². The summed E-state index contributed by atoms with van der Waals surface area (Å²) in [5, 5.41) is 78.3. The summed E-state index contributed by atoms with van der Waals surface area (Å²) >= 11 is 0. The molecule has 8 fully saturated rings. The van der Waals surface area contributed by atoms with Gasteiger partial charge in [0.2, 0.25) is 0 Å². The summed E-state index contributed by atoms with van der Waals surface area (Å²) in [6, 6.07) is 9.42. The molecule has 0 spiro atoms. The van der Waals surface area contributed by atoms with Crippen molar-refractivity contribution in [1.82, 2.24) is 0 Å². The molecule has 29 atom stereocenters. The molecule has 0 bridgehead atoms. The van der Waals surface area contributed by atoms with Crippen LogP contribution in [0.15, 0.2) is 48.1 Å².